The summed E-state index contributed by atoms with van der Waals surface area (Å²) in [6.07, 6.45) is 1.42. The minimum atomic E-state index is -1.13. The Kier molecular flexibility index (Phi) is 4.53. The quantitative estimate of drug-likeness (QED) is 0.283. The fraction of sp³-hybridized carbons (Fsp3) is 0.444. The molecule has 3 N–H and O–H groups in total. The van der Waals surface area contributed by atoms with Crippen molar-refractivity contribution in [3.8, 4) is 0 Å². The first-order valence-electron chi connectivity index (χ1n) is 5.40. The molecular formula is C9H13N5O5. The van der Waals surface area contributed by atoms with Crippen LogP contribution >= 0.6 is 0 Å². The molecule has 0 radical (unpaired) electrons. The predicted octanol–water partition coefficient (Wildman–Crippen LogP) is -1.68. The van der Waals surface area contributed by atoms with Crippen molar-refractivity contribution < 1.29 is 9.72 Å². The van der Waals surface area contributed by atoms with E-state index in [0.29, 0.717) is 11.0 Å². The van der Waals surface area contributed by atoms with E-state index in [1.165, 1.54) is 0 Å². The maximum absolute atomic E-state index is 11.9. The Balaban J connectivity index is 3.50. The number of rotatable bonds is 5. The van der Waals surface area contributed by atoms with Gasteiger partial charge in [0.05, 0.1) is 11.1 Å². The van der Waals surface area contributed by atoms with Crippen LogP contribution in [0.1, 0.15) is 13.3 Å². The fourth-order valence-corrected chi connectivity index (χ4v) is 1.49. The number of hydrogen-bond acceptors (Lipinski definition) is 6. The van der Waals surface area contributed by atoms with Crippen molar-refractivity contribution in [1.82, 2.24) is 14.6 Å². The molecule has 0 bridgehead atoms. The number of nitrogens with zero attached hydrogens (tertiary/aromatic N) is 3. The topological polar surface area (TPSA) is 142 Å². The molecule has 0 unspecified atom stereocenters. The molecule has 0 atom stereocenters. The summed E-state index contributed by atoms with van der Waals surface area (Å²) in [4.78, 5) is 44.6. The lowest BCUT2D eigenvalue weighted by atomic mass is 10.4. The maximum Gasteiger partial charge on any atom is 0.350 e. The van der Waals surface area contributed by atoms with Crippen LogP contribution in [0.5, 0.6) is 0 Å². The molecule has 0 saturated carbocycles. The molecule has 104 valence electrons. The van der Waals surface area contributed by atoms with Gasteiger partial charge in [-0.15, -0.1) is 0 Å². The lowest BCUT2D eigenvalue weighted by molar-refractivity contribution is -0.387. The number of aromatic nitrogens is 2. The highest BCUT2D eigenvalue weighted by Crippen LogP contribution is 2.01. The monoisotopic (exact) mass is 271 g/mol. The first-order chi connectivity index (χ1) is 8.92. The van der Waals surface area contributed by atoms with Crippen LogP contribution in [0.4, 0.5) is 5.69 Å². The van der Waals surface area contributed by atoms with E-state index in [0.717, 1.165) is 10.8 Å². The van der Waals surface area contributed by atoms with Crippen molar-refractivity contribution in [3.05, 3.63) is 37.1 Å². The molecule has 1 heterocycles. The van der Waals surface area contributed by atoms with Gasteiger partial charge in [-0.1, -0.05) is 6.92 Å². The molecule has 0 aliphatic carbocycles. The van der Waals surface area contributed by atoms with Crippen molar-refractivity contribution in [2.45, 2.75) is 26.4 Å². The van der Waals surface area contributed by atoms with Crippen molar-refractivity contribution >= 4 is 11.6 Å². The summed E-state index contributed by atoms with van der Waals surface area (Å²) in [6, 6.07) is 0. The molecule has 1 rings (SSSR count). The van der Waals surface area contributed by atoms with E-state index in [1.807, 2.05) is 0 Å². The van der Waals surface area contributed by atoms with Crippen molar-refractivity contribution in [3.63, 3.8) is 0 Å². The molecule has 1 amide bonds. The predicted molar refractivity (Wildman–Crippen MR) is 64.2 cm³/mol. The molecule has 19 heavy (non-hydrogen) atoms. The molecule has 10 heteroatoms. The van der Waals surface area contributed by atoms with Crippen LogP contribution in [0.25, 0.3) is 0 Å². The van der Waals surface area contributed by atoms with Gasteiger partial charge < -0.3 is 0 Å². The molecule has 0 aromatic carbocycles. The number of carbonyl (C=O) groups is 1. The maximum atomic E-state index is 11.9. The van der Waals surface area contributed by atoms with Gasteiger partial charge in [0.25, 0.3) is 5.91 Å². The van der Waals surface area contributed by atoms with Crippen LogP contribution < -0.4 is 22.5 Å². The summed E-state index contributed by atoms with van der Waals surface area (Å²) in [5.41, 5.74) is -0.939. The number of nitrogens with two attached hydrogens (primary N) is 1. The Hall–Kier alpha value is -2.49. The normalized spacial score (nSPS) is 10.2. The molecule has 1 aromatic rings. The number of carbonyl (C=O) groups excluding carboxylic acids is 1. The van der Waals surface area contributed by atoms with Crippen LogP contribution in [-0.2, 0) is 17.9 Å². The Morgan fingerprint density at radius 2 is 2.16 bits per heavy atom. The molecule has 0 aliphatic heterocycles. The number of amides is 1. The molecule has 10 nitrogen and oxygen atoms in total. The Bertz CT molecular complexity index is 616. The zero-order valence-corrected chi connectivity index (χ0v) is 10.2. The second-order valence-corrected chi connectivity index (χ2v) is 3.71. The largest absolute Gasteiger partial charge is 0.350 e. The summed E-state index contributed by atoms with van der Waals surface area (Å²) < 4.78 is 1.50. The van der Waals surface area contributed by atoms with E-state index in [1.54, 1.807) is 12.3 Å². The number of nitrogens with one attached hydrogen (secondary N) is 1. The molecule has 0 aliphatic rings. The van der Waals surface area contributed by atoms with Gasteiger partial charge in [-0.25, -0.2) is 15.2 Å². The number of aryl methyl sites for hydroxylation is 1. The van der Waals surface area contributed by atoms with Gasteiger partial charge in [0.1, 0.15) is 6.54 Å². The summed E-state index contributed by atoms with van der Waals surface area (Å²) in [5, 5.41) is 10.7. The van der Waals surface area contributed by atoms with Gasteiger partial charge in [0.2, 0.25) is 0 Å². The van der Waals surface area contributed by atoms with E-state index in [9.17, 15) is 24.5 Å². The van der Waals surface area contributed by atoms with Crippen LogP contribution in [0.3, 0.4) is 0 Å². The van der Waals surface area contributed by atoms with E-state index in [-0.39, 0.29) is 6.54 Å². The average Bonchev–Trinajstić information content (AvgIpc) is 2.37. The second kappa shape index (κ2) is 5.91. The molecule has 0 spiro atoms. The van der Waals surface area contributed by atoms with E-state index in [4.69, 9.17) is 5.84 Å². The molecule has 0 saturated heterocycles. The van der Waals surface area contributed by atoms with Crippen LogP contribution in [0.2, 0.25) is 0 Å². The van der Waals surface area contributed by atoms with E-state index >= 15 is 0 Å². The second-order valence-electron chi connectivity index (χ2n) is 3.71. The lowest BCUT2D eigenvalue weighted by Crippen LogP contribution is -2.45. The Labute approximate surface area is 106 Å². The Morgan fingerprint density at radius 1 is 1.53 bits per heavy atom. The highest BCUT2D eigenvalue weighted by Gasteiger charge is 2.20. The van der Waals surface area contributed by atoms with Crippen molar-refractivity contribution in [2.24, 2.45) is 5.84 Å². The van der Waals surface area contributed by atoms with E-state index in [2.05, 4.69) is 0 Å². The zero-order valence-electron chi connectivity index (χ0n) is 10.2. The minimum Gasteiger partial charge on any atom is -0.293 e. The van der Waals surface area contributed by atoms with Gasteiger partial charge in [-0.3, -0.25) is 29.7 Å². The summed E-state index contributed by atoms with van der Waals surface area (Å²) in [6.45, 7) is 1.30. The van der Waals surface area contributed by atoms with Crippen molar-refractivity contribution in [1.29, 1.82) is 0 Å². The van der Waals surface area contributed by atoms with E-state index < -0.39 is 34.3 Å². The van der Waals surface area contributed by atoms with Crippen LogP contribution in [-0.4, -0.2) is 20.0 Å². The summed E-state index contributed by atoms with van der Waals surface area (Å²) in [5.74, 6) is 4.05. The van der Waals surface area contributed by atoms with Gasteiger partial charge >= 0.3 is 16.9 Å². The third-order valence-electron chi connectivity index (χ3n) is 2.34. The number of hydrogen-bond donors (Lipinski definition) is 2. The highest BCUT2D eigenvalue weighted by molar-refractivity contribution is 5.74. The minimum absolute atomic E-state index is 0.199. The number of nitro groups is 1. The molecule has 0 fully saturated rings. The summed E-state index contributed by atoms with van der Waals surface area (Å²) in [7, 11) is 0. The summed E-state index contributed by atoms with van der Waals surface area (Å²) >= 11 is 0. The SMILES string of the molecule is CCCn1cc([N+](=O)[O-])c(=O)n(CC(=O)NN)c1=O. The standard InChI is InChI=1S/C9H13N5O5/c1-2-3-12-4-6(14(18)19)8(16)13(9(12)17)5-7(15)11-10/h4H,2-3,5,10H2,1H3,(H,11,15). The molecule has 1 aromatic heterocycles. The molecular weight excluding hydrogens is 258 g/mol. The third kappa shape index (κ3) is 3.04. The zero-order chi connectivity index (χ0) is 14.6. The number of hydrazine groups is 1. The smallest absolute Gasteiger partial charge is 0.293 e. The fourth-order valence-electron chi connectivity index (χ4n) is 1.49. The van der Waals surface area contributed by atoms with Gasteiger partial charge in [0, 0.05) is 6.54 Å². The van der Waals surface area contributed by atoms with Gasteiger partial charge in [0.15, 0.2) is 0 Å². The van der Waals surface area contributed by atoms with Gasteiger partial charge in [-0.05, 0) is 6.42 Å². The Morgan fingerprint density at radius 3 is 2.63 bits per heavy atom. The third-order valence-corrected chi connectivity index (χ3v) is 2.34. The van der Waals surface area contributed by atoms with Crippen LogP contribution in [0.15, 0.2) is 15.8 Å². The van der Waals surface area contributed by atoms with Crippen LogP contribution in [0, 0.1) is 10.1 Å². The highest BCUT2D eigenvalue weighted by atomic mass is 16.6. The average molecular weight is 271 g/mol. The first-order valence-corrected chi connectivity index (χ1v) is 5.40. The van der Waals surface area contributed by atoms with Gasteiger partial charge in [-0.2, -0.15) is 0 Å². The lowest BCUT2D eigenvalue weighted by Gasteiger charge is -2.08. The van der Waals surface area contributed by atoms with Crippen molar-refractivity contribution in [2.75, 3.05) is 0 Å². The first kappa shape index (κ1) is 14.6.